The number of hydrogen-bond donors (Lipinski definition) is 1. The van der Waals surface area contributed by atoms with Crippen LogP contribution in [0.15, 0.2) is 60.7 Å². The zero-order valence-corrected chi connectivity index (χ0v) is 23.5. The van der Waals surface area contributed by atoms with E-state index in [1.54, 1.807) is 26.4 Å². The zero-order chi connectivity index (χ0) is 27.8. The predicted octanol–water partition coefficient (Wildman–Crippen LogP) is 6.02. The summed E-state index contributed by atoms with van der Waals surface area (Å²) in [4.78, 5) is 16.7. The minimum absolute atomic E-state index is 0.0438. The molecule has 1 radical (unpaired) electrons. The summed E-state index contributed by atoms with van der Waals surface area (Å²) in [6, 6.07) is 21.7. The molecule has 6 heteroatoms. The maximum absolute atomic E-state index is 15.0. The molecule has 3 atom stereocenters. The number of halogens is 1. The molecule has 0 saturated carbocycles. The number of hydrogen-bond acceptors (Lipinski definition) is 5. The van der Waals surface area contributed by atoms with E-state index < -0.39 is 0 Å². The van der Waals surface area contributed by atoms with Gasteiger partial charge in [0.15, 0.2) is 5.78 Å². The van der Waals surface area contributed by atoms with Crippen LogP contribution in [0.25, 0.3) is 0 Å². The Morgan fingerprint density at radius 3 is 2.64 bits per heavy atom. The number of piperidine rings is 1. The number of methoxy groups -OCH3 is 2. The normalized spacial score (nSPS) is 19.6. The van der Waals surface area contributed by atoms with Crippen LogP contribution in [0.3, 0.4) is 0 Å². The minimum atomic E-state index is -0.382. The highest BCUT2D eigenvalue weighted by atomic mass is 19.1. The Morgan fingerprint density at radius 1 is 1.05 bits per heavy atom. The molecular weight excluding hydrogens is 491 g/mol. The zero-order valence-electron chi connectivity index (χ0n) is 23.5. The molecule has 1 aliphatic rings. The topological polar surface area (TPSA) is 50.8 Å². The van der Waals surface area contributed by atoms with Gasteiger partial charge in [0.25, 0.3) is 0 Å². The molecule has 1 aliphatic heterocycles. The number of rotatable bonds is 12. The van der Waals surface area contributed by atoms with Crippen LogP contribution in [0, 0.1) is 24.7 Å². The lowest BCUT2D eigenvalue weighted by Crippen LogP contribution is -2.47. The van der Waals surface area contributed by atoms with Gasteiger partial charge in [0.05, 0.1) is 14.2 Å². The molecule has 1 saturated heterocycles. The van der Waals surface area contributed by atoms with Gasteiger partial charge in [-0.15, -0.1) is 0 Å². The number of nitrogens with zero attached hydrogens (tertiary/aromatic N) is 1. The van der Waals surface area contributed by atoms with Crippen molar-refractivity contribution >= 4 is 5.78 Å². The Kier molecular flexibility index (Phi) is 10.1. The number of carbonyl (C=O) groups excluding carboxylic acids is 1. The molecule has 0 bridgehead atoms. The first kappa shape index (κ1) is 28.8. The van der Waals surface area contributed by atoms with Crippen molar-refractivity contribution in [2.75, 3.05) is 47.4 Å². The second kappa shape index (κ2) is 13.7. The van der Waals surface area contributed by atoms with Crippen LogP contribution in [-0.4, -0.2) is 58.1 Å². The van der Waals surface area contributed by atoms with E-state index in [9.17, 15) is 9.18 Å². The quantitative estimate of drug-likeness (QED) is 0.229. The summed E-state index contributed by atoms with van der Waals surface area (Å²) < 4.78 is 26.2. The highest BCUT2D eigenvalue weighted by molar-refractivity contribution is 5.99. The van der Waals surface area contributed by atoms with Gasteiger partial charge in [0, 0.05) is 42.0 Å². The van der Waals surface area contributed by atoms with Crippen LogP contribution in [0.2, 0.25) is 0 Å². The van der Waals surface area contributed by atoms with E-state index in [-0.39, 0.29) is 29.4 Å². The van der Waals surface area contributed by atoms with E-state index in [1.165, 1.54) is 6.07 Å². The van der Waals surface area contributed by atoms with Gasteiger partial charge in [-0.2, -0.15) is 0 Å². The van der Waals surface area contributed by atoms with Gasteiger partial charge in [-0.3, -0.25) is 4.79 Å². The minimum Gasteiger partial charge on any atom is -0.497 e. The third kappa shape index (κ3) is 6.68. The molecule has 0 aliphatic carbocycles. The Hall–Kier alpha value is -3.22. The van der Waals surface area contributed by atoms with Crippen molar-refractivity contribution < 1.29 is 18.7 Å². The summed E-state index contributed by atoms with van der Waals surface area (Å²) in [6.07, 6.45) is 3.28. The number of unbranched alkanes of at least 4 members (excludes halogenated alkanes) is 2. The summed E-state index contributed by atoms with van der Waals surface area (Å²) in [5.41, 5.74) is 2.99. The largest absolute Gasteiger partial charge is 0.497 e. The van der Waals surface area contributed by atoms with Crippen LogP contribution in [0.5, 0.6) is 11.5 Å². The second-order valence-electron chi connectivity index (χ2n) is 10.4. The van der Waals surface area contributed by atoms with Gasteiger partial charge in [-0.25, -0.2) is 4.39 Å². The first-order valence-corrected chi connectivity index (χ1v) is 13.8. The van der Waals surface area contributed by atoms with E-state index in [0.717, 1.165) is 55.8 Å². The average molecular weight is 532 g/mol. The van der Waals surface area contributed by atoms with Crippen molar-refractivity contribution in [2.24, 2.45) is 5.92 Å². The van der Waals surface area contributed by atoms with Crippen molar-refractivity contribution in [1.82, 2.24) is 10.2 Å². The second-order valence-corrected chi connectivity index (χ2v) is 10.4. The molecule has 3 aromatic rings. The summed E-state index contributed by atoms with van der Waals surface area (Å²) in [5.74, 6) is 0.444. The lowest BCUT2D eigenvalue weighted by molar-refractivity contribution is 0.0733. The van der Waals surface area contributed by atoms with Crippen molar-refractivity contribution in [1.29, 1.82) is 0 Å². The Balaban J connectivity index is 1.80. The molecule has 39 heavy (non-hydrogen) atoms. The first-order chi connectivity index (χ1) is 19.0. The molecule has 4 rings (SSSR count). The van der Waals surface area contributed by atoms with Crippen LogP contribution < -0.4 is 14.8 Å². The third-order valence-corrected chi connectivity index (χ3v) is 7.98. The van der Waals surface area contributed by atoms with E-state index >= 15 is 0 Å². The number of ketones is 1. The Bertz CT molecular complexity index is 1250. The number of nitrogens with one attached hydrogen (secondary N) is 1. The van der Waals surface area contributed by atoms with E-state index in [1.807, 2.05) is 56.4 Å². The predicted molar refractivity (Wildman–Crippen MR) is 153 cm³/mol. The van der Waals surface area contributed by atoms with Crippen LogP contribution in [0.4, 0.5) is 4.39 Å². The lowest BCUT2D eigenvalue weighted by atomic mass is 9.67. The summed E-state index contributed by atoms with van der Waals surface area (Å²) in [7, 11) is 5.24. The first-order valence-electron chi connectivity index (χ1n) is 13.8. The standard InChI is InChI=1S/C33H40FN2O3/c1-23-26(15-11-16-30(23)34)32-28(27-14-6-7-17-31(27)39-4)21-36(19-9-5-8-18-35-2)22-29(32)33(37)24-12-10-13-25(20-24)38-3/h6-7,10-13,15-17,20,28-29,32,35H,5,8-9,18-19,21-22H2,1-4H3/t28-,29+,32-/m1/s1. The molecule has 5 nitrogen and oxygen atoms in total. The third-order valence-electron chi connectivity index (χ3n) is 7.98. The van der Waals surface area contributed by atoms with E-state index in [2.05, 4.69) is 16.3 Å². The van der Waals surface area contributed by atoms with Gasteiger partial charge < -0.3 is 19.7 Å². The smallest absolute Gasteiger partial charge is 0.167 e. The summed E-state index contributed by atoms with van der Waals surface area (Å²) in [6.45, 7) is 5.05. The lowest BCUT2D eigenvalue weighted by Gasteiger charge is -2.44. The number of likely N-dealkylation sites (tertiary alicyclic amines) is 1. The molecule has 1 heterocycles. The fraction of sp³-hybridized carbons (Fsp3) is 0.424. The van der Waals surface area contributed by atoms with Crippen molar-refractivity contribution in [2.45, 2.75) is 38.0 Å². The fourth-order valence-corrected chi connectivity index (χ4v) is 5.96. The van der Waals surface area contributed by atoms with Gasteiger partial charge in [0.1, 0.15) is 17.3 Å². The summed E-state index contributed by atoms with van der Waals surface area (Å²) >= 11 is 0. The molecule has 0 spiro atoms. The number of Topliss-reactive ketones (excluding diaryl/α,β-unsaturated/α-hetero) is 1. The van der Waals surface area contributed by atoms with Crippen molar-refractivity contribution in [3.8, 4) is 11.5 Å². The molecule has 0 amide bonds. The Labute approximate surface area is 232 Å². The van der Waals surface area contributed by atoms with Gasteiger partial charge in [-0.1, -0.05) is 42.8 Å². The van der Waals surface area contributed by atoms with Crippen LogP contribution in [0.1, 0.15) is 58.1 Å². The highest BCUT2D eigenvalue weighted by Gasteiger charge is 2.44. The number of carbonyl (C=O) groups is 1. The maximum Gasteiger partial charge on any atom is 0.167 e. The van der Waals surface area contributed by atoms with Crippen LogP contribution >= 0.6 is 0 Å². The molecule has 3 aromatic carbocycles. The molecular formula is C33H40FN2O3. The highest BCUT2D eigenvalue weighted by Crippen LogP contribution is 2.47. The average Bonchev–Trinajstić information content (AvgIpc) is 2.97. The summed E-state index contributed by atoms with van der Waals surface area (Å²) in [5, 5.41) is 3.21. The monoisotopic (exact) mass is 531 g/mol. The molecule has 1 N–H and O–H groups in total. The van der Waals surface area contributed by atoms with Gasteiger partial charge in [-0.05, 0) is 81.4 Å². The molecule has 0 aromatic heterocycles. The van der Waals surface area contributed by atoms with Crippen molar-refractivity contribution in [3.05, 3.63) is 94.8 Å². The molecule has 0 unspecified atom stereocenters. The molecule has 1 fully saturated rings. The SMILES string of the molecule is CNCCCCCN1C[C@H](C(=O)c2cccc(OC)c2)[C@H](c2cccc(F)c2C)[C@@H](c2[c]cccc2OC)C1. The van der Waals surface area contributed by atoms with Gasteiger partial charge in [0.2, 0.25) is 0 Å². The van der Waals surface area contributed by atoms with Crippen molar-refractivity contribution in [3.63, 3.8) is 0 Å². The maximum atomic E-state index is 15.0. The molecule has 207 valence electrons. The van der Waals surface area contributed by atoms with E-state index in [0.29, 0.717) is 23.4 Å². The Morgan fingerprint density at radius 2 is 1.87 bits per heavy atom. The van der Waals surface area contributed by atoms with Gasteiger partial charge >= 0.3 is 0 Å². The van der Waals surface area contributed by atoms with Crippen LogP contribution in [-0.2, 0) is 0 Å². The fourth-order valence-electron chi connectivity index (χ4n) is 5.96. The number of ether oxygens (including phenoxy) is 2. The number of benzene rings is 3. The van der Waals surface area contributed by atoms with E-state index in [4.69, 9.17) is 9.47 Å².